The Labute approximate surface area is 184 Å². The highest BCUT2D eigenvalue weighted by molar-refractivity contribution is 5.97. The van der Waals surface area contributed by atoms with E-state index in [2.05, 4.69) is 30.5 Å². The predicted octanol–water partition coefficient (Wildman–Crippen LogP) is 4.90. The molecule has 1 heterocycles. The molecule has 0 aliphatic heterocycles. The molecule has 30 heavy (non-hydrogen) atoms. The first-order valence-corrected chi connectivity index (χ1v) is 10.2. The Morgan fingerprint density at radius 3 is 2.43 bits per heavy atom. The monoisotopic (exact) mass is 427 g/mol. The normalized spacial score (nSPS) is 10.5. The molecule has 6 heteroatoms. The van der Waals surface area contributed by atoms with Gasteiger partial charge in [-0.1, -0.05) is 43.7 Å². The number of nitrogens with two attached hydrogens (primary N) is 1. The zero-order chi connectivity index (χ0) is 20.8. The van der Waals surface area contributed by atoms with Crippen molar-refractivity contribution in [1.29, 1.82) is 0 Å². The lowest BCUT2D eigenvalue weighted by Crippen LogP contribution is -2.05. The van der Waals surface area contributed by atoms with Crippen LogP contribution in [0.2, 0.25) is 0 Å². The third-order valence-corrected chi connectivity index (χ3v) is 5.18. The lowest BCUT2D eigenvalue weighted by molar-refractivity contribution is 0.0601. The molecule has 2 N–H and O–H groups in total. The number of ether oxygens (including phenoxy) is 1. The minimum Gasteiger partial charge on any atom is -0.465 e. The van der Waals surface area contributed by atoms with Crippen LogP contribution in [0.5, 0.6) is 0 Å². The number of unbranched alkanes of at least 4 members (excludes halogenated alkanes) is 1. The maximum atomic E-state index is 12.1. The largest absolute Gasteiger partial charge is 0.465 e. The van der Waals surface area contributed by atoms with Crippen LogP contribution in [0, 0.1) is 6.92 Å². The van der Waals surface area contributed by atoms with E-state index >= 15 is 0 Å². The summed E-state index contributed by atoms with van der Waals surface area (Å²) in [4.78, 5) is 17.0. The highest BCUT2D eigenvalue weighted by Gasteiger charge is 2.16. The van der Waals surface area contributed by atoms with E-state index in [1.54, 1.807) is 6.07 Å². The van der Waals surface area contributed by atoms with Crippen molar-refractivity contribution < 1.29 is 9.53 Å². The number of benzene rings is 2. The lowest BCUT2D eigenvalue weighted by atomic mass is 9.99. The molecule has 0 saturated heterocycles. The molecule has 0 bridgehead atoms. The van der Waals surface area contributed by atoms with Gasteiger partial charge < -0.3 is 15.0 Å². The van der Waals surface area contributed by atoms with Gasteiger partial charge in [-0.05, 0) is 49.2 Å². The summed E-state index contributed by atoms with van der Waals surface area (Å²) >= 11 is 0. The van der Waals surface area contributed by atoms with Crippen molar-refractivity contribution in [3.05, 3.63) is 71.3 Å². The molecule has 0 saturated carbocycles. The number of imidazole rings is 1. The Balaban J connectivity index is 0.00000320. The molecule has 2 aromatic carbocycles. The predicted molar refractivity (Wildman–Crippen MR) is 124 cm³/mol. The summed E-state index contributed by atoms with van der Waals surface area (Å²) in [5.74, 6) is 0.749. The standard InChI is InChI=1S/C24H29N3O2.ClH/c1-4-5-10-23-26-22(15-16-25)17(2)27(23)19-13-11-18(12-14-19)20-8-6-7-9-21(20)24(28)29-3;/h6-9,11-14H,4-5,10,15-16,25H2,1-3H3;1H. The number of halogens is 1. The van der Waals surface area contributed by atoms with E-state index in [-0.39, 0.29) is 18.4 Å². The third-order valence-electron chi connectivity index (χ3n) is 5.18. The minimum atomic E-state index is -0.330. The van der Waals surface area contributed by atoms with Crippen molar-refractivity contribution in [2.45, 2.75) is 39.5 Å². The molecule has 160 valence electrons. The maximum absolute atomic E-state index is 12.1. The second-order valence-electron chi connectivity index (χ2n) is 7.12. The number of nitrogens with zero attached hydrogens (tertiary/aromatic N) is 2. The van der Waals surface area contributed by atoms with E-state index in [9.17, 15) is 4.79 Å². The molecule has 0 spiro atoms. The molecule has 0 atom stereocenters. The smallest absolute Gasteiger partial charge is 0.338 e. The zero-order valence-corrected chi connectivity index (χ0v) is 18.7. The van der Waals surface area contributed by atoms with Gasteiger partial charge in [-0.15, -0.1) is 12.4 Å². The maximum Gasteiger partial charge on any atom is 0.338 e. The molecule has 1 aromatic heterocycles. The van der Waals surface area contributed by atoms with E-state index in [0.717, 1.165) is 59.7 Å². The summed E-state index contributed by atoms with van der Waals surface area (Å²) in [7, 11) is 1.40. The Bertz CT molecular complexity index is 981. The number of carbonyl (C=O) groups is 1. The van der Waals surface area contributed by atoms with Crippen LogP contribution in [0.4, 0.5) is 0 Å². The fourth-order valence-electron chi connectivity index (χ4n) is 3.64. The van der Waals surface area contributed by atoms with Crippen LogP contribution in [-0.2, 0) is 17.6 Å². The summed E-state index contributed by atoms with van der Waals surface area (Å²) in [6.45, 7) is 4.89. The van der Waals surface area contributed by atoms with Crippen molar-refractivity contribution in [1.82, 2.24) is 9.55 Å². The molecule has 0 aliphatic carbocycles. The van der Waals surface area contributed by atoms with Gasteiger partial charge in [0, 0.05) is 24.2 Å². The van der Waals surface area contributed by atoms with Gasteiger partial charge in [-0.2, -0.15) is 0 Å². The number of hydrogen-bond acceptors (Lipinski definition) is 4. The minimum absolute atomic E-state index is 0. The number of rotatable bonds is 8. The molecule has 0 radical (unpaired) electrons. The lowest BCUT2D eigenvalue weighted by Gasteiger charge is -2.12. The first-order chi connectivity index (χ1) is 14.1. The first-order valence-electron chi connectivity index (χ1n) is 10.2. The number of aryl methyl sites for hydroxylation is 1. The van der Waals surface area contributed by atoms with Crippen LogP contribution in [0.3, 0.4) is 0 Å². The van der Waals surface area contributed by atoms with Crippen LogP contribution < -0.4 is 5.73 Å². The molecular weight excluding hydrogens is 398 g/mol. The van der Waals surface area contributed by atoms with Crippen LogP contribution in [0.1, 0.15) is 47.3 Å². The molecule has 0 fully saturated rings. The molecule has 0 unspecified atom stereocenters. The van der Waals surface area contributed by atoms with Crippen LogP contribution >= 0.6 is 12.4 Å². The van der Waals surface area contributed by atoms with Gasteiger partial charge in [0.1, 0.15) is 5.82 Å². The van der Waals surface area contributed by atoms with Crippen LogP contribution in [-0.4, -0.2) is 29.2 Å². The van der Waals surface area contributed by atoms with Gasteiger partial charge in [-0.25, -0.2) is 9.78 Å². The Morgan fingerprint density at radius 2 is 1.80 bits per heavy atom. The van der Waals surface area contributed by atoms with Crippen molar-refractivity contribution >= 4 is 18.4 Å². The van der Waals surface area contributed by atoms with Crippen molar-refractivity contribution in [3.63, 3.8) is 0 Å². The van der Waals surface area contributed by atoms with Gasteiger partial charge in [0.05, 0.1) is 18.4 Å². The first kappa shape index (κ1) is 23.6. The van der Waals surface area contributed by atoms with E-state index in [4.69, 9.17) is 15.5 Å². The molecule has 3 rings (SSSR count). The average Bonchev–Trinajstić information content (AvgIpc) is 3.07. The Kier molecular flexibility index (Phi) is 8.63. The van der Waals surface area contributed by atoms with E-state index in [1.165, 1.54) is 7.11 Å². The summed E-state index contributed by atoms with van der Waals surface area (Å²) in [5, 5.41) is 0. The second kappa shape index (κ2) is 11.0. The summed E-state index contributed by atoms with van der Waals surface area (Å²) < 4.78 is 7.16. The van der Waals surface area contributed by atoms with Crippen LogP contribution in [0.15, 0.2) is 48.5 Å². The summed E-state index contributed by atoms with van der Waals surface area (Å²) in [5.41, 5.74) is 11.5. The van der Waals surface area contributed by atoms with Gasteiger partial charge >= 0.3 is 5.97 Å². The second-order valence-corrected chi connectivity index (χ2v) is 7.12. The topological polar surface area (TPSA) is 70.1 Å². The number of hydrogen-bond donors (Lipinski definition) is 1. The SMILES string of the molecule is CCCCc1nc(CCN)c(C)n1-c1ccc(-c2ccccc2C(=O)OC)cc1.Cl. The van der Waals surface area contributed by atoms with Gasteiger partial charge in [0.2, 0.25) is 0 Å². The molecule has 0 aliphatic rings. The number of aromatic nitrogens is 2. The molecule has 0 amide bonds. The summed E-state index contributed by atoms with van der Waals surface area (Å²) in [6, 6.07) is 15.8. The van der Waals surface area contributed by atoms with Crippen molar-refractivity contribution in [2.75, 3.05) is 13.7 Å². The van der Waals surface area contributed by atoms with E-state index in [0.29, 0.717) is 12.1 Å². The fourth-order valence-corrected chi connectivity index (χ4v) is 3.64. The van der Waals surface area contributed by atoms with Crippen molar-refractivity contribution in [2.24, 2.45) is 5.73 Å². The zero-order valence-electron chi connectivity index (χ0n) is 17.9. The molecular formula is C24H30ClN3O2. The molecule has 3 aromatic rings. The number of methoxy groups -OCH3 is 1. The Hall–Kier alpha value is -2.63. The highest BCUT2D eigenvalue weighted by Crippen LogP contribution is 2.27. The number of esters is 1. The van der Waals surface area contributed by atoms with E-state index in [1.807, 2.05) is 30.3 Å². The molecule has 5 nitrogen and oxygen atoms in total. The van der Waals surface area contributed by atoms with Gasteiger partial charge in [0.15, 0.2) is 0 Å². The van der Waals surface area contributed by atoms with Crippen LogP contribution in [0.25, 0.3) is 16.8 Å². The highest BCUT2D eigenvalue weighted by atomic mass is 35.5. The van der Waals surface area contributed by atoms with Gasteiger partial charge in [0.25, 0.3) is 0 Å². The number of carbonyl (C=O) groups excluding carboxylic acids is 1. The average molecular weight is 428 g/mol. The fraction of sp³-hybridized carbons (Fsp3) is 0.333. The van der Waals surface area contributed by atoms with E-state index < -0.39 is 0 Å². The Morgan fingerprint density at radius 1 is 1.10 bits per heavy atom. The quantitative estimate of drug-likeness (QED) is 0.519. The van der Waals surface area contributed by atoms with Crippen molar-refractivity contribution in [3.8, 4) is 16.8 Å². The summed E-state index contributed by atoms with van der Waals surface area (Å²) in [6.07, 6.45) is 3.95. The van der Waals surface area contributed by atoms with Gasteiger partial charge in [-0.3, -0.25) is 0 Å². The third kappa shape index (κ3) is 4.91.